The molecule has 8 nitrogen and oxygen atoms in total. The molecule has 1 atom stereocenters. The molecule has 1 saturated heterocycles. The molecule has 9 heteroatoms. The van der Waals surface area contributed by atoms with Gasteiger partial charge in [-0.3, -0.25) is 10.1 Å². The van der Waals surface area contributed by atoms with Gasteiger partial charge in [0.05, 0.1) is 4.92 Å². The largest absolute Gasteiger partial charge is 0.347 e. The number of piperidine rings is 1. The fourth-order valence-corrected chi connectivity index (χ4v) is 4.09. The van der Waals surface area contributed by atoms with Crippen molar-refractivity contribution >= 4 is 21.5 Å². The predicted molar refractivity (Wildman–Crippen MR) is 81.3 cm³/mol. The summed E-state index contributed by atoms with van der Waals surface area (Å²) < 4.78 is 2.25. The average molecular weight is 320 g/mol. The first-order valence-corrected chi connectivity index (χ1v) is 8.31. The van der Waals surface area contributed by atoms with Crippen molar-refractivity contribution in [2.24, 2.45) is 0 Å². The third kappa shape index (κ3) is 2.25. The van der Waals surface area contributed by atoms with Crippen LogP contribution in [0.4, 0.5) is 10.1 Å². The van der Waals surface area contributed by atoms with E-state index in [4.69, 9.17) is 0 Å². The SMILES string of the molecule is O=[N+]([O-])c1cnc(N2CCC[C@H](c3nnc4n3CCC4)C2)s1. The number of anilines is 1. The van der Waals surface area contributed by atoms with Crippen molar-refractivity contribution in [3.05, 3.63) is 28.0 Å². The number of fused-ring (bicyclic) bond motifs is 1. The van der Waals surface area contributed by atoms with E-state index in [2.05, 4.69) is 24.6 Å². The smallest absolute Gasteiger partial charge is 0.345 e. The van der Waals surface area contributed by atoms with Crippen molar-refractivity contribution in [2.45, 2.75) is 38.1 Å². The number of hydrogen-bond acceptors (Lipinski definition) is 7. The number of aryl methyl sites for hydroxylation is 1. The molecule has 0 saturated carbocycles. The van der Waals surface area contributed by atoms with E-state index in [1.54, 1.807) is 0 Å². The molecule has 116 valence electrons. The first kappa shape index (κ1) is 13.6. The van der Waals surface area contributed by atoms with Gasteiger partial charge in [-0.15, -0.1) is 10.2 Å². The lowest BCUT2D eigenvalue weighted by Crippen LogP contribution is -2.35. The quantitative estimate of drug-likeness (QED) is 0.634. The van der Waals surface area contributed by atoms with Crippen molar-refractivity contribution < 1.29 is 4.92 Å². The summed E-state index contributed by atoms with van der Waals surface area (Å²) in [6.45, 7) is 2.71. The lowest BCUT2D eigenvalue weighted by molar-refractivity contribution is -0.380. The maximum absolute atomic E-state index is 10.8. The van der Waals surface area contributed by atoms with Gasteiger partial charge in [0, 0.05) is 32.0 Å². The zero-order valence-corrected chi connectivity index (χ0v) is 12.8. The van der Waals surface area contributed by atoms with Crippen LogP contribution in [-0.2, 0) is 13.0 Å². The number of nitro groups is 1. The number of thiazole rings is 1. The van der Waals surface area contributed by atoms with E-state index in [1.807, 2.05) is 0 Å². The molecule has 1 fully saturated rings. The minimum Gasteiger partial charge on any atom is -0.347 e. The third-order valence-corrected chi connectivity index (χ3v) is 5.37. The van der Waals surface area contributed by atoms with Gasteiger partial charge in [0.2, 0.25) is 0 Å². The summed E-state index contributed by atoms with van der Waals surface area (Å²) >= 11 is 1.15. The maximum Gasteiger partial charge on any atom is 0.345 e. The van der Waals surface area contributed by atoms with Gasteiger partial charge in [0.1, 0.15) is 17.8 Å². The van der Waals surface area contributed by atoms with E-state index >= 15 is 0 Å². The summed E-state index contributed by atoms with van der Waals surface area (Å²) in [5, 5.41) is 20.3. The highest BCUT2D eigenvalue weighted by Gasteiger charge is 2.30. The third-order valence-electron chi connectivity index (χ3n) is 4.36. The minimum atomic E-state index is -0.381. The molecule has 0 amide bonds. The average Bonchev–Trinajstić information content (AvgIpc) is 3.23. The normalized spacial score (nSPS) is 21.1. The fraction of sp³-hybridized carbons (Fsp3) is 0.615. The van der Waals surface area contributed by atoms with Crippen molar-refractivity contribution in [1.29, 1.82) is 0 Å². The molecule has 22 heavy (non-hydrogen) atoms. The van der Waals surface area contributed by atoms with E-state index in [0.29, 0.717) is 5.92 Å². The lowest BCUT2D eigenvalue weighted by atomic mass is 9.97. The molecular formula is C13H16N6O2S. The second kappa shape index (κ2) is 5.31. The molecule has 2 aliphatic heterocycles. The Labute approximate surface area is 130 Å². The Balaban J connectivity index is 1.55. The van der Waals surface area contributed by atoms with Crippen LogP contribution < -0.4 is 4.90 Å². The van der Waals surface area contributed by atoms with Gasteiger partial charge in [-0.05, 0) is 30.6 Å². The Bertz CT molecular complexity index is 711. The molecule has 0 N–H and O–H groups in total. The zero-order chi connectivity index (χ0) is 15.1. The van der Waals surface area contributed by atoms with E-state index in [-0.39, 0.29) is 9.92 Å². The summed E-state index contributed by atoms with van der Waals surface area (Å²) in [7, 11) is 0. The van der Waals surface area contributed by atoms with Crippen LogP contribution in [0.15, 0.2) is 6.20 Å². The van der Waals surface area contributed by atoms with E-state index in [1.165, 1.54) is 6.20 Å². The van der Waals surface area contributed by atoms with Crippen LogP contribution in [-0.4, -0.2) is 37.8 Å². The highest BCUT2D eigenvalue weighted by atomic mass is 32.1. The highest BCUT2D eigenvalue weighted by molar-refractivity contribution is 7.18. The first-order valence-electron chi connectivity index (χ1n) is 7.49. The molecule has 2 aromatic heterocycles. The van der Waals surface area contributed by atoms with Crippen molar-refractivity contribution in [1.82, 2.24) is 19.7 Å². The minimum absolute atomic E-state index is 0.0977. The van der Waals surface area contributed by atoms with Gasteiger partial charge < -0.3 is 9.47 Å². The van der Waals surface area contributed by atoms with Gasteiger partial charge in [-0.2, -0.15) is 0 Å². The van der Waals surface area contributed by atoms with Crippen LogP contribution in [0, 0.1) is 10.1 Å². The lowest BCUT2D eigenvalue weighted by Gasteiger charge is -2.31. The molecule has 0 bridgehead atoms. The standard InChI is InChI=1S/C13H16N6O2S/c20-19(21)11-7-14-13(22-11)17-5-1-3-9(8-17)12-16-15-10-4-2-6-18(10)12/h7,9H,1-6,8H2/t9-/m0/s1. The van der Waals surface area contributed by atoms with E-state index < -0.39 is 0 Å². The summed E-state index contributed by atoms with van der Waals surface area (Å²) in [6, 6.07) is 0. The second-order valence-corrected chi connectivity index (χ2v) is 6.74. The number of rotatable bonds is 3. The Morgan fingerprint density at radius 2 is 2.23 bits per heavy atom. The monoisotopic (exact) mass is 320 g/mol. The van der Waals surface area contributed by atoms with Crippen LogP contribution in [0.3, 0.4) is 0 Å². The number of nitrogens with zero attached hydrogens (tertiary/aromatic N) is 6. The highest BCUT2D eigenvalue weighted by Crippen LogP contribution is 2.34. The van der Waals surface area contributed by atoms with Crippen molar-refractivity contribution in [3.8, 4) is 0 Å². The van der Waals surface area contributed by atoms with Crippen LogP contribution in [0.5, 0.6) is 0 Å². The van der Waals surface area contributed by atoms with E-state index in [9.17, 15) is 10.1 Å². The van der Waals surface area contributed by atoms with Crippen LogP contribution in [0.2, 0.25) is 0 Å². The van der Waals surface area contributed by atoms with Gasteiger partial charge in [0.25, 0.3) is 0 Å². The van der Waals surface area contributed by atoms with Gasteiger partial charge in [-0.1, -0.05) is 0 Å². The summed E-state index contributed by atoms with van der Waals surface area (Å²) in [4.78, 5) is 16.8. The second-order valence-electron chi connectivity index (χ2n) is 5.75. The summed E-state index contributed by atoms with van der Waals surface area (Å²) in [5.41, 5.74) is 0. The Hall–Kier alpha value is -2.03. The van der Waals surface area contributed by atoms with Gasteiger partial charge >= 0.3 is 5.00 Å². The molecule has 2 aliphatic rings. The van der Waals surface area contributed by atoms with Crippen LogP contribution in [0.1, 0.15) is 36.8 Å². The van der Waals surface area contributed by atoms with Crippen LogP contribution >= 0.6 is 11.3 Å². The zero-order valence-electron chi connectivity index (χ0n) is 12.0. The molecular weight excluding hydrogens is 304 g/mol. The number of aromatic nitrogens is 4. The fourth-order valence-electron chi connectivity index (χ4n) is 3.32. The predicted octanol–water partition coefficient (Wildman–Crippen LogP) is 1.97. The molecule has 0 radical (unpaired) electrons. The van der Waals surface area contributed by atoms with Gasteiger partial charge in [0.15, 0.2) is 5.13 Å². The Kier molecular flexibility index (Phi) is 3.29. The maximum atomic E-state index is 10.8. The first-order chi connectivity index (χ1) is 10.7. The van der Waals surface area contributed by atoms with E-state index in [0.717, 1.165) is 73.4 Å². The topological polar surface area (TPSA) is 90.0 Å². The van der Waals surface area contributed by atoms with Crippen molar-refractivity contribution in [2.75, 3.05) is 18.0 Å². The summed E-state index contributed by atoms with van der Waals surface area (Å²) in [5.74, 6) is 2.50. The molecule has 2 aromatic rings. The molecule has 0 unspecified atom stereocenters. The number of hydrogen-bond donors (Lipinski definition) is 0. The van der Waals surface area contributed by atoms with Gasteiger partial charge in [-0.25, -0.2) is 4.98 Å². The molecule has 0 aliphatic carbocycles. The molecule has 0 spiro atoms. The molecule has 4 rings (SSSR count). The van der Waals surface area contributed by atoms with Crippen LogP contribution in [0.25, 0.3) is 0 Å². The van der Waals surface area contributed by atoms with Crippen molar-refractivity contribution in [3.63, 3.8) is 0 Å². The summed E-state index contributed by atoms with van der Waals surface area (Å²) in [6.07, 6.45) is 5.63. The Morgan fingerprint density at radius 3 is 3.05 bits per heavy atom. The molecule has 4 heterocycles. The molecule has 0 aromatic carbocycles. The Morgan fingerprint density at radius 1 is 1.32 bits per heavy atom.